The van der Waals surface area contributed by atoms with Crippen molar-refractivity contribution in [1.82, 2.24) is 15.5 Å². The van der Waals surface area contributed by atoms with Gasteiger partial charge in [0.2, 0.25) is 5.91 Å². The number of nitrogens with one attached hydrogen (secondary N) is 2. The molecule has 1 saturated heterocycles. The van der Waals surface area contributed by atoms with Crippen molar-refractivity contribution < 1.29 is 29.7 Å². The minimum absolute atomic E-state index is 0.0379. The van der Waals surface area contributed by atoms with Gasteiger partial charge >= 0.3 is 0 Å². The van der Waals surface area contributed by atoms with Crippen LogP contribution in [0.3, 0.4) is 0 Å². The highest BCUT2D eigenvalue weighted by molar-refractivity contribution is 8.00. The number of hydrogen-bond acceptors (Lipinski definition) is 7. The Bertz CT molecular complexity index is 1510. The molecule has 3 amide bonds. The Labute approximate surface area is 255 Å². The first kappa shape index (κ1) is 30.6. The molecular weight excluding hydrogens is 566 g/mol. The quantitative estimate of drug-likeness (QED) is 0.267. The summed E-state index contributed by atoms with van der Waals surface area (Å²) in [5.41, 5.74) is 3.21. The SMILES string of the molecule is Cc1c(O)cccc1C(=O)N[C@@H](Cc1ccccc1)[C@H](O)C(=O)N1CSC(C)(C)[C@H]1C(=O)N[C@@H]1c2ccccc2C[C@@H]1O. The van der Waals surface area contributed by atoms with Crippen LogP contribution in [0.4, 0.5) is 0 Å². The smallest absolute Gasteiger partial charge is 0.254 e. The normalized spacial score (nSPS) is 22.0. The van der Waals surface area contributed by atoms with E-state index >= 15 is 0 Å². The first-order valence-electron chi connectivity index (χ1n) is 14.3. The van der Waals surface area contributed by atoms with E-state index in [2.05, 4.69) is 10.6 Å². The molecule has 1 aliphatic carbocycles. The number of thioether (sulfide) groups is 1. The van der Waals surface area contributed by atoms with Crippen LogP contribution in [0.1, 0.15) is 52.5 Å². The Balaban J connectivity index is 1.39. The summed E-state index contributed by atoms with van der Waals surface area (Å²) in [6.07, 6.45) is -1.88. The summed E-state index contributed by atoms with van der Waals surface area (Å²) in [5, 5.41) is 38.1. The van der Waals surface area contributed by atoms with Crippen LogP contribution in [0.2, 0.25) is 0 Å². The predicted molar refractivity (Wildman–Crippen MR) is 164 cm³/mol. The number of phenols is 1. The molecule has 3 aromatic rings. The Morgan fingerprint density at radius 1 is 1.02 bits per heavy atom. The number of aliphatic hydroxyl groups excluding tert-OH is 2. The zero-order chi connectivity index (χ0) is 30.9. The summed E-state index contributed by atoms with van der Waals surface area (Å²) in [7, 11) is 0. The molecule has 0 unspecified atom stereocenters. The number of aliphatic hydroxyl groups is 2. The van der Waals surface area contributed by atoms with E-state index in [4.69, 9.17) is 0 Å². The van der Waals surface area contributed by atoms with Gasteiger partial charge in [-0.3, -0.25) is 14.4 Å². The van der Waals surface area contributed by atoms with Crippen LogP contribution in [0.15, 0.2) is 72.8 Å². The maximum absolute atomic E-state index is 14.0. The Morgan fingerprint density at radius 2 is 1.72 bits per heavy atom. The summed E-state index contributed by atoms with van der Waals surface area (Å²) in [6.45, 7) is 5.35. The molecule has 1 heterocycles. The number of aromatic hydroxyl groups is 1. The number of benzene rings is 3. The van der Waals surface area contributed by atoms with Gasteiger partial charge < -0.3 is 30.9 Å². The lowest BCUT2D eigenvalue weighted by molar-refractivity contribution is -0.147. The van der Waals surface area contributed by atoms with Crippen molar-refractivity contribution >= 4 is 29.5 Å². The van der Waals surface area contributed by atoms with Crippen LogP contribution >= 0.6 is 11.8 Å². The van der Waals surface area contributed by atoms with Gasteiger partial charge in [0.1, 0.15) is 11.8 Å². The summed E-state index contributed by atoms with van der Waals surface area (Å²) in [6, 6.07) is 18.8. The highest BCUT2D eigenvalue weighted by Crippen LogP contribution is 2.41. The number of hydrogen-bond donors (Lipinski definition) is 5. The lowest BCUT2D eigenvalue weighted by atomic mass is 9.96. The van der Waals surface area contributed by atoms with Crippen LogP contribution in [0, 0.1) is 6.92 Å². The van der Waals surface area contributed by atoms with E-state index in [1.807, 2.05) is 68.4 Å². The Morgan fingerprint density at radius 3 is 2.47 bits per heavy atom. The minimum Gasteiger partial charge on any atom is -0.508 e. The molecule has 226 valence electrons. The minimum atomic E-state index is -1.66. The number of nitrogens with zero attached hydrogens (tertiary/aromatic N) is 1. The molecule has 3 aromatic carbocycles. The number of phenolic OH excluding ortho intramolecular Hbond substituents is 1. The molecule has 5 atom stereocenters. The molecule has 10 heteroatoms. The molecule has 1 aliphatic heterocycles. The summed E-state index contributed by atoms with van der Waals surface area (Å²) >= 11 is 1.42. The maximum Gasteiger partial charge on any atom is 0.254 e. The lowest BCUT2D eigenvalue weighted by Gasteiger charge is -2.34. The van der Waals surface area contributed by atoms with E-state index in [0.29, 0.717) is 12.0 Å². The topological polar surface area (TPSA) is 139 Å². The number of fused-ring (bicyclic) bond motifs is 1. The van der Waals surface area contributed by atoms with Gasteiger partial charge in [0.25, 0.3) is 11.8 Å². The van der Waals surface area contributed by atoms with Gasteiger partial charge in [-0.1, -0.05) is 60.7 Å². The van der Waals surface area contributed by atoms with Crippen molar-refractivity contribution in [1.29, 1.82) is 0 Å². The van der Waals surface area contributed by atoms with E-state index in [1.165, 1.54) is 22.7 Å². The largest absolute Gasteiger partial charge is 0.508 e. The third-order valence-electron chi connectivity index (χ3n) is 8.38. The molecule has 0 aromatic heterocycles. The molecule has 1 fully saturated rings. The molecule has 5 rings (SSSR count). The monoisotopic (exact) mass is 603 g/mol. The fraction of sp³-hybridized carbons (Fsp3) is 0.364. The molecule has 0 saturated carbocycles. The Kier molecular flexibility index (Phi) is 8.82. The van der Waals surface area contributed by atoms with Gasteiger partial charge in [0.15, 0.2) is 6.10 Å². The molecule has 0 bridgehead atoms. The second-order valence-electron chi connectivity index (χ2n) is 11.7. The fourth-order valence-electron chi connectivity index (χ4n) is 5.96. The Hall–Kier alpha value is -3.86. The molecular formula is C33H37N3O6S. The third-order valence-corrected chi connectivity index (χ3v) is 9.75. The van der Waals surface area contributed by atoms with Crippen LogP contribution in [0.25, 0.3) is 0 Å². The average molecular weight is 604 g/mol. The van der Waals surface area contributed by atoms with Crippen molar-refractivity contribution in [2.45, 2.75) is 68.7 Å². The molecule has 2 aliphatic rings. The highest BCUT2D eigenvalue weighted by Gasteiger charge is 2.50. The summed E-state index contributed by atoms with van der Waals surface area (Å²) in [4.78, 5) is 42.4. The maximum atomic E-state index is 14.0. The second kappa shape index (κ2) is 12.4. The van der Waals surface area contributed by atoms with Crippen molar-refractivity contribution in [3.05, 3.63) is 101 Å². The fourth-order valence-corrected chi connectivity index (χ4v) is 7.10. The molecule has 0 radical (unpaired) electrons. The molecule has 0 spiro atoms. The summed E-state index contributed by atoms with van der Waals surface area (Å²) < 4.78 is -0.681. The molecule has 5 N–H and O–H groups in total. The van der Waals surface area contributed by atoms with E-state index in [9.17, 15) is 29.7 Å². The lowest BCUT2D eigenvalue weighted by Crippen LogP contribution is -2.59. The van der Waals surface area contributed by atoms with Crippen molar-refractivity contribution in [2.75, 3.05) is 5.88 Å². The average Bonchev–Trinajstić information content (AvgIpc) is 3.48. The third kappa shape index (κ3) is 6.27. The van der Waals surface area contributed by atoms with Crippen LogP contribution in [0.5, 0.6) is 5.75 Å². The number of rotatable bonds is 8. The standard InChI is InChI=1S/C33H37N3O6S/c1-19-22(14-9-15-25(19)37)30(40)34-24(16-20-10-5-4-6-11-20)28(39)32(42)36-18-43-33(2,3)29(36)31(41)35-27-23-13-8-7-12-21(23)17-26(27)38/h4-15,24,26-29,37-39H,16-18H2,1-3H3,(H,34,40)(H,35,41)/t24-,26-,27+,28-,29+/m0/s1. The van der Waals surface area contributed by atoms with Crippen molar-refractivity contribution in [3.8, 4) is 5.75 Å². The van der Waals surface area contributed by atoms with Gasteiger partial charge in [-0.05, 0) is 56.0 Å². The van der Waals surface area contributed by atoms with E-state index in [-0.39, 0.29) is 23.6 Å². The van der Waals surface area contributed by atoms with Crippen LogP contribution in [-0.2, 0) is 22.4 Å². The first-order chi connectivity index (χ1) is 20.5. The van der Waals surface area contributed by atoms with E-state index in [1.54, 1.807) is 19.1 Å². The van der Waals surface area contributed by atoms with Crippen LogP contribution in [-0.4, -0.2) is 72.9 Å². The van der Waals surface area contributed by atoms with Gasteiger partial charge in [-0.25, -0.2) is 0 Å². The van der Waals surface area contributed by atoms with Gasteiger partial charge in [-0.2, -0.15) is 0 Å². The first-order valence-corrected chi connectivity index (χ1v) is 15.3. The zero-order valence-electron chi connectivity index (χ0n) is 24.4. The highest BCUT2D eigenvalue weighted by atomic mass is 32.2. The number of carbonyl (C=O) groups is 3. The van der Waals surface area contributed by atoms with Gasteiger partial charge in [0, 0.05) is 22.3 Å². The molecule has 9 nitrogen and oxygen atoms in total. The van der Waals surface area contributed by atoms with E-state index in [0.717, 1.165) is 16.7 Å². The van der Waals surface area contributed by atoms with Crippen molar-refractivity contribution in [3.63, 3.8) is 0 Å². The number of amides is 3. The predicted octanol–water partition coefficient (Wildman–Crippen LogP) is 2.86. The van der Waals surface area contributed by atoms with Gasteiger partial charge in [-0.15, -0.1) is 11.8 Å². The summed E-state index contributed by atoms with van der Waals surface area (Å²) in [5.74, 6) is -1.51. The van der Waals surface area contributed by atoms with E-state index < -0.39 is 52.8 Å². The second-order valence-corrected chi connectivity index (χ2v) is 13.3. The van der Waals surface area contributed by atoms with Crippen molar-refractivity contribution in [2.24, 2.45) is 0 Å². The van der Waals surface area contributed by atoms with Crippen LogP contribution < -0.4 is 10.6 Å². The number of carbonyl (C=O) groups excluding carboxylic acids is 3. The van der Waals surface area contributed by atoms with Gasteiger partial charge in [0.05, 0.1) is 24.1 Å². The molecule has 43 heavy (non-hydrogen) atoms. The zero-order valence-corrected chi connectivity index (χ0v) is 25.2.